The van der Waals surface area contributed by atoms with Crippen molar-refractivity contribution in [2.45, 2.75) is 26.3 Å². The van der Waals surface area contributed by atoms with Gasteiger partial charge in [-0.2, -0.15) is 0 Å². The van der Waals surface area contributed by atoms with E-state index in [0.717, 1.165) is 6.42 Å². The fourth-order valence-electron chi connectivity index (χ4n) is 2.82. The van der Waals surface area contributed by atoms with Crippen molar-refractivity contribution < 1.29 is 0 Å². The van der Waals surface area contributed by atoms with E-state index in [1.807, 2.05) is 38.1 Å². The summed E-state index contributed by atoms with van der Waals surface area (Å²) in [5.74, 6) is 0. The quantitative estimate of drug-likeness (QED) is 0.757. The molecule has 1 aromatic heterocycles. The number of hydrogen-bond acceptors (Lipinski definition) is 2. The van der Waals surface area contributed by atoms with Gasteiger partial charge in [-0.25, -0.2) is 0 Å². The van der Waals surface area contributed by atoms with Gasteiger partial charge in [0.15, 0.2) is 0 Å². The summed E-state index contributed by atoms with van der Waals surface area (Å²) < 4.78 is 1.72. The first-order chi connectivity index (χ1) is 12.3. The van der Waals surface area contributed by atoms with Gasteiger partial charge in [0.05, 0.1) is 6.04 Å². The largest absolute Gasteiger partial charge is 0.328 e. The van der Waals surface area contributed by atoms with E-state index in [-0.39, 0.29) is 11.6 Å². The second-order valence-electron chi connectivity index (χ2n) is 5.61. The minimum absolute atomic E-state index is 0.0119. The Morgan fingerprint density at radius 3 is 2.24 bits per heavy atom. The maximum atomic E-state index is 12.0. The van der Waals surface area contributed by atoms with Crippen molar-refractivity contribution in [2.24, 2.45) is 5.73 Å². The molecule has 3 heteroatoms. The van der Waals surface area contributed by atoms with Crippen molar-refractivity contribution in [1.29, 1.82) is 0 Å². The second kappa shape index (κ2) is 9.60. The summed E-state index contributed by atoms with van der Waals surface area (Å²) in [5, 5.41) is 0. The molecule has 0 saturated heterocycles. The van der Waals surface area contributed by atoms with Crippen molar-refractivity contribution in [3.05, 3.63) is 94.9 Å². The van der Waals surface area contributed by atoms with E-state index in [4.69, 9.17) is 5.73 Å². The molecule has 0 saturated carbocycles. The van der Waals surface area contributed by atoms with E-state index in [1.165, 1.54) is 16.7 Å². The molecule has 1 unspecified atom stereocenters. The molecule has 3 aromatic rings. The molecule has 0 spiro atoms. The van der Waals surface area contributed by atoms with E-state index >= 15 is 0 Å². The van der Waals surface area contributed by atoms with Gasteiger partial charge in [-0.05, 0) is 29.2 Å². The molecule has 130 valence electrons. The lowest BCUT2D eigenvalue weighted by atomic mass is 9.99. The first-order valence-corrected chi connectivity index (χ1v) is 8.79. The van der Waals surface area contributed by atoms with Crippen LogP contribution >= 0.6 is 0 Å². The third-order valence-electron chi connectivity index (χ3n) is 4.02. The van der Waals surface area contributed by atoms with Crippen LogP contribution in [0.25, 0.3) is 11.1 Å². The van der Waals surface area contributed by atoms with E-state index in [1.54, 1.807) is 22.9 Å². The summed E-state index contributed by atoms with van der Waals surface area (Å²) in [4.78, 5) is 12.0. The average Bonchev–Trinajstić information content (AvgIpc) is 2.69. The maximum absolute atomic E-state index is 12.0. The molecule has 0 aliphatic carbocycles. The lowest BCUT2D eigenvalue weighted by Gasteiger charge is -2.18. The summed E-state index contributed by atoms with van der Waals surface area (Å²) in [5.41, 5.74) is 9.45. The van der Waals surface area contributed by atoms with Crippen molar-refractivity contribution in [3.63, 3.8) is 0 Å². The molecule has 2 N–H and O–H groups in total. The van der Waals surface area contributed by atoms with Crippen LogP contribution < -0.4 is 11.3 Å². The molecule has 0 aliphatic heterocycles. The zero-order chi connectivity index (χ0) is 18.1. The highest BCUT2D eigenvalue weighted by Crippen LogP contribution is 2.22. The van der Waals surface area contributed by atoms with E-state index < -0.39 is 0 Å². The molecule has 25 heavy (non-hydrogen) atoms. The summed E-state index contributed by atoms with van der Waals surface area (Å²) in [7, 11) is 0. The molecule has 0 fully saturated rings. The Morgan fingerprint density at radius 2 is 1.56 bits per heavy atom. The summed E-state index contributed by atoms with van der Waals surface area (Å²) in [6, 6.07) is 23.9. The number of hydrogen-bond donors (Lipinski definition) is 1. The van der Waals surface area contributed by atoms with Gasteiger partial charge in [-0.1, -0.05) is 74.5 Å². The SMILES string of the molecule is CC.NCC(Cc1cccc(-c2ccccc2)c1)n1ccccc1=O. The zero-order valence-electron chi connectivity index (χ0n) is 14.9. The van der Waals surface area contributed by atoms with Crippen LogP contribution in [0.1, 0.15) is 25.5 Å². The first kappa shape index (κ1) is 18.7. The molecule has 2 aromatic carbocycles. The number of nitrogens with zero attached hydrogens (tertiary/aromatic N) is 1. The van der Waals surface area contributed by atoms with Gasteiger partial charge < -0.3 is 10.3 Å². The standard InChI is InChI=1S/C20H20N2O.C2H6/c21-15-19(22-12-5-4-11-20(22)23)14-16-7-6-10-18(13-16)17-8-2-1-3-9-17;1-2/h1-13,19H,14-15,21H2;1-2H3. The Morgan fingerprint density at radius 1 is 0.880 bits per heavy atom. The fraction of sp³-hybridized carbons (Fsp3) is 0.227. The maximum Gasteiger partial charge on any atom is 0.250 e. The Hall–Kier alpha value is -2.65. The molecule has 1 atom stereocenters. The van der Waals surface area contributed by atoms with Crippen molar-refractivity contribution in [1.82, 2.24) is 4.57 Å². The third-order valence-corrected chi connectivity index (χ3v) is 4.02. The monoisotopic (exact) mass is 334 g/mol. The Kier molecular flexibility index (Phi) is 7.17. The zero-order valence-corrected chi connectivity index (χ0v) is 14.9. The van der Waals surface area contributed by atoms with Crippen molar-refractivity contribution in [2.75, 3.05) is 6.54 Å². The molecule has 1 heterocycles. The minimum atomic E-state index is -0.0327. The highest BCUT2D eigenvalue weighted by molar-refractivity contribution is 5.63. The van der Waals surface area contributed by atoms with Gasteiger partial charge in [-0.3, -0.25) is 4.79 Å². The number of pyridine rings is 1. The summed E-state index contributed by atoms with van der Waals surface area (Å²) in [6.45, 7) is 4.43. The molecule has 3 rings (SSSR count). The van der Waals surface area contributed by atoms with Crippen LogP contribution in [0.5, 0.6) is 0 Å². The lowest BCUT2D eigenvalue weighted by molar-refractivity contribution is 0.493. The van der Waals surface area contributed by atoms with Crippen LogP contribution in [0.2, 0.25) is 0 Å². The number of rotatable bonds is 5. The molecule has 0 bridgehead atoms. The highest BCUT2D eigenvalue weighted by atomic mass is 16.1. The van der Waals surface area contributed by atoms with Gasteiger partial charge in [0.25, 0.3) is 5.56 Å². The normalized spacial score (nSPS) is 11.3. The van der Waals surface area contributed by atoms with Gasteiger partial charge in [0.2, 0.25) is 0 Å². The van der Waals surface area contributed by atoms with Crippen LogP contribution in [0, 0.1) is 0 Å². The lowest BCUT2D eigenvalue weighted by Crippen LogP contribution is -2.29. The van der Waals surface area contributed by atoms with Gasteiger partial charge in [0, 0.05) is 18.8 Å². The number of nitrogens with two attached hydrogens (primary N) is 1. The Labute approximate surface area is 149 Å². The van der Waals surface area contributed by atoms with Crippen LogP contribution in [-0.4, -0.2) is 11.1 Å². The van der Waals surface area contributed by atoms with Crippen LogP contribution in [-0.2, 0) is 6.42 Å². The third kappa shape index (κ3) is 4.91. The number of aromatic nitrogens is 1. The molecule has 3 nitrogen and oxygen atoms in total. The van der Waals surface area contributed by atoms with E-state index in [2.05, 4.69) is 36.4 Å². The van der Waals surface area contributed by atoms with E-state index in [9.17, 15) is 4.79 Å². The first-order valence-electron chi connectivity index (χ1n) is 8.79. The van der Waals surface area contributed by atoms with E-state index in [0.29, 0.717) is 6.54 Å². The molecule has 0 radical (unpaired) electrons. The molecule has 0 amide bonds. The molecule has 0 aliphatic rings. The average molecular weight is 334 g/mol. The minimum Gasteiger partial charge on any atom is -0.328 e. The van der Waals surface area contributed by atoms with Crippen molar-refractivity contribution in [3.8, 4) is 11.1 Å². The van der Waals surface area contributed by atoms with Gasteiger partial charge in [-0.15, -0.1) is 0 Å². The summed E-state index contributed by atoms with van der Waals surface area (Å²) >= 11 is 0. The topological polar surface area (TPSA) is 48.0 Å². The van der Waals surface area contributed by atoms with Gasteiger partial charge in [0.1, 0.15) is 0 Å². The van der Waals surface area contributed by atoms with Gasteiger partial charge >= 0.3 is 0 Å². The Balaban J connectivity index is 0.00000109. The van der Waals surface area contributed by atoms with Crippen LogP contribution in [0.15, 0.2) is 83.8 Å². The van der Waals surface area contributed by atoms with Crippen molar-refractivity contribution >= 4 is 0 Å². The summed E-state index contributed by atoms with van der Waals surface area (Å²) in [6.07, 6.45) is 2.54. The van der Waals surface area contributed by atoms with Crippen LogP contribution in [0.3, 0.4) is 0 Å². The predicted octanol–water partition coefficient (Wildman–Crippen LogP) is 4.28. The Bertz CT molecular complexity index is 824. The second-order valence-corrected chi connectivity index (χ2v) is 5.61. The molecular weight excluding hydrogens is 308 g/mol. The number of benzene rings is 2. The fourth-order valence-corrected chi connectivity index (χ4v) is 2.82. The smallest absolute Gasteiger partial charge is 0.250 e. The predicted molar refractivity (Wildman–Crippen MR) is 106 cm³/mol. The highest BCUT2D eigenvalue weighted by Gasteiger charge is 2.11. The molecular formula is C22H26N2O. The van der Waals surface area contributed by atoms with Crippen LogP contribution in [0.4, 0.5) is 0 Å².